The van der Waals surface area contributed by atoms with Gasteiger partial charge in [-0.3, -0.25) is 4.79 Å². The molecule has 1 aromatic carbocycles. The molecule has 2 rings (SSSR count). The van der Waals surface area contributed by atoms with Crippen molar-refractivity contribution in [1.29, 1.82) is 0 Å². The molecule has 1 aromatic rings. The molecule has 0 aromatic heterocycles. The van der Waals surface area contributed by atoms with Crippen molar-refractivity contribution in [3.63, 3.8) is 0 Å². The fraction of sp³-hybridized carbons (Fsp3) is 0.533. The van der Waals surface area contributed by atoms with Crippen molar-refractivity contribution >= 4 is 5.91 Å². The number of hydrogen-bond acceptors (Lipinski definition) is 3. The summed E-state index contributed by atoms with van der Waals surface area (Å²) in [6.45, 7) is 2.94. The third-order valence-corrected chi connectivity index (χ3v) is 3.38. The number of aryl methyl sites for hydroxylation is 1. The van der Waals surface area contributed by atoms with Crippen LogP contribution in [-0.2, 0) is 4.79 Å². The SMILES string of the molecule is Cc1cccc(OCCC(=O)NC(CN)C2CC2)c1. The first-order valence-corrected chi connectivity index (χ1v) is 6.88. The van der Waals surface area contributed by atoms with Gasteiger partial charge >= 0.3 is 0 Å². The lowest BCUT2D eigenvalue weighted by Gasteiger charge is -2.16. The maximum absolute atomic E-state index is 11.8. The Bertz CT molecular complexity index is 430. The summed E-state index contributed by atoms with van der Waals surface area (Å²) in [6.07, 6.45) is 2.74. The number of hydrogen-bond donors (Lipinski definition) is 2. The van der Waals surface area contributed by atoms with Crippen molar-refractivity contribution in [3.8, 4) is 5.75 Å². The summed E-state index contributed by atoms with van der Waals surface area (Å²) in [4.78, 5) is 11.8. The highest BCUT2D eigenvalue weighted by Gasteiger charge is 2.30. The molecule has 0 bridgehead atoms. The first-order chi connectivity index (χ1) is 9.19. The van der Waals surface area contributed by atoms with Crippen molar-refractivity contribution < 1.29 is 9.53 Å². The van der Waals surface area contributed by atoms with E-state index in [1.807, 2.05) is 31.2 Å². The summed E-state index contributed by atoms with van der Waals surface area (Å²) in [7, 11) is 0. The number of amides is 1. The second-order valence-corrected chi connectivity index (χ2v) is 5.16. The van der Waals surface area contributed by atoms with E-state index in [4.69, 9.17) is 10.5 Å². The second-order valence-electron chi connectivity index (χ2n) is 5.16. The molecule has 1 saturated carbocycles. The Balaban J connectivity index is 1.68. The molecule has 0 aliphatic heterocycles. The minimum Gasteiger partial charge on any atom is -0.493 e. The van der Waals surface area contributed by atoms with Crippen molar-refractivity contribution in [2.45, 2.75) is 32.2 Å². The molecular weight excluding hydrogens is 240 g/mol. The van der Waals surface area contributed by atoms with Gasteiger partial charge in [0.1, 0.15) is 5.75 Å². The minimum atomic E-state index is 0.0232. The second kappa shape index (κ2) is 6.57. The standard InChI is InChI=1S/C15H22N2O2/c1-11-3-2-4-13(9-11)19-8-7-15(18)17-14(10-16)12-5-6-12/h2-4,9,12,14H,5-8,10,16H2,1H3,(H,17,18). The first kappa shape index (κ1) is 13.9. The van der Waals surface area contributed by atoms with Gasteiger partial charge in [0.25, 0.3) is 0 Å². The Morgan fingerprint density at radius 1 is 1.53 bits per heavy atom. The van der Waals surface area contributed by atoms with E-state index in [1.165, 1.54) is 12.8 Å². The Morgan fingerprint density at radius 2 is 2.32 bits per heavy atom. The van der Waals surface area contributed by atoms with E-state index < -0.39 is 0 Å². The third-order valence-electron chi connectivity index (χ3n) is 3.38. The quantitative estimate of drug-likeness (QED) is 0.784. The zero-order valence-electron chi connectivity index (χ0n) is 11.4. The molecular formula is C15H22N2O2. The highest BCUT2D eigenvalue weighted by molar-refractivity contribution is 5.76. The van der Waals surface area contributed by atoms with Gasteiger partial charge in [-0.25, -0.2) is 0 Å². The van der Waals surface area contributed by atoms with Crippen LogP contribution in [0.2, 0.25) is 0 Å². The van der Waals surface area contributed by atoms with Gasteiger partial charge in [0.15, 0.2) is 0 Å². The lowest BCUT2D eigenvalue weighted by molar-refractivity contribution is -0.122. The Labute approximate surface area is 114 Å². The van der Waals surface area contributed by atoms with Gasteiger partial charge in [-0.15, -0.1) is 0 Å². The van der Waals surface area contributed by atoms with Crippen LogP contribution in [0.25, 0.3) is 0 Å². The summed E-state index contributed by atoms with van der Waals surface area (Å²) in [5.41, 5.74) is 6.80. The number of nitrogens with one attached hydrogen (secondary N) is 1. The molecule has 19 heavy (non-hydrogen) atoms. The normalized spacial score (nSPS) is 15.9. The molecule has 0 spiro atoms. The Kier molecular flexibility index (Phi) is 4.80. The summed E-state index contributed by atoms with van der Waals surface area (Å²) < 4.78 is 5.56. The number of ether oxygens (including phenoxy) is 1. The van der Waals surface area contributed by atoms with E-state index in [2.05, 4.69) is 5.32 Å². The van der Waals surface area contributed by atoms with Crippen LogP contribution in [0.1, 0.15) is 24.8 Å². The van der Waals surface area contributed by atoms with E-state index in [1.54, 1.807) is 0 Å². The number of benzene rings is 1. The molecule has 0 radical (unpaired) electrons. The van der Waals surface area contributed by atoms with E-state index in [0.717, 1.165) is 11.3 Å². The largest absolute Gasteiger partial charge is 0.493 e. The highest BCUT2D eigenvalue weighted by atomic mass is 16.5. The summed E-state index contributed by atoms with van der Waals surface area (Å²) in [5.74, 6) is 1.42. The van der Waals surface area contributed by atoms with Gasteiger partial charge in [-0.2, -0.15) is 0 Å². The van der Waals surface area contributed by atoms with Gasteiger partial charge in [0.05, 0.1) is 13.0 Å². The number of carbonyl (C=O) groups excluding carboxylic acids is 1. The Morgan fingerprint density at radius 3 is 2.95 bits per heavy atom. The van der Waals surface area contributed by atoms with Crippen LogP contribution < -0.4 is 15.8 Å². The molecule has 1 unspecified atom stereocenters. The van der Waals surface area contributed by atoms with Crippen molar-refractivity contribution in [1.82, 2.24) is 5.32 Å². The van der Waals surface area contributed by atoms with E-state index in [-0.39, 0.29) is 11.9 Å². The molecule has 1 fully saturated rings. The molecule has 4 heteroatoms. The third kappa shape index (κ3) is 4.56. The monoisotopic (exact) mass is 262 g/mol. The van der Waals surface area contributed by atoms with Crippen molar-refractivity contribution in [3.05, 3.63) is 29.8 Å². The molecule has 0 heterocycles. The van der Waals surface area contributed by atoms with Crippen LogP contribution in [0.5, 0.6) is 5.75 Å². The topological polar surface area (TPSA) is 64.3 Å². The smallest absolute Gasteiger partial charge is 0.223 e. The maximum Gasteiger partial charge on any atom is 0.223 e. The van der Waals surface area contributed by atoms with E-state index >= 15 is 0 Å². The van der Waals surface area contributed by atoms with Crippen LogP contribution >= 0.6 is 0 Å². The fourth-order valence-electron chi connectivity index (χ4n) is 2.11. The molecule has 1 atom stereocenters. The first-order valence-electron chi connectivity index (χ1n) is 6.88. The molecule has 1 amide bonds. The van der Waals surface area contributed by atoms with Crippen LogP contribution in [0.3, 0.4) is 0 Å². The van der Waals surface area contributed by atoms with Gasteiger partial charge in [-0.05, 0) is 43.4 Å². The average Bonchev–Trinajstić information content (AvgIpc) is 3.20. The van der Waals surface area contributed by atoms with Crippen LogP contribution in [0.4, 0.5) is 0 Å². The van der Waals surface area contributed by atoms with Gasteiger partial charge < -0.3 is 15.8 Å². The fourth-order valence-corrected chi connectivity index (χ4v) is 2.11. The summed E-state index contributed by atoms with van der Waals surface area (Å²) >= 11 is 0. The van der Waals surface area contributed by atoms with E-state index in [0.29, 0.717) is 25.5 Å². The number of rotatable bonds is 7. The zero-order valence-corrected chi connectivity index (χ0v) is 11.4. The predicted octanol–water partition coefficient (Wildman–Crippen LogP) is 1.62. The molecule has 104 valence electrons. The molecule has 4 nitrogen and oxygen atoms in total. The molecule has 0 saturated heterocycles. The molecule has 1 aliphatic carbocycles. The van der Waals surface area contributed by atoms with Crippen LogP contribution in [0.15, 0.2) is 24.3 Å². The van der Waals surface area contributed by atoms with Crippen LogP contribution in [-0.4, -0.2) is 25.1 Å². The van der Waals surface area contributed by atoms with Gasteiger partial charge in [0.2, 0.25) is 5.91 Å². The maximum atomic E-state index is 11.8. The van der Waals surface area contributed by atoms with Crippen molar-refractivity contribution in [2.75, 3.05) is 13.2 Å². The summed E-state index contributed by atoms with van der Waals surface area (Å²) in [5, 5.41) is 2.98. The van der Waals surface area contributed by atoms with E-state index in [9.17, 15) is 4.79 Å². The number of carbonyl (C=O) groups is 1. The minimum absolute atomic E-state index is 0.0232. The molecule has 1 aliphatic rings. The van der Waals surface area contributed by atoms with Crippen LogP contribution in [0, 0.1) is 12.8 Å². The highest BCUT2D eigenvalue weighted by Crippen LogP contribution is 2.32. The Hall–Kier alpha value is -1.55. The van der Waals surface area contributed by atoms with Crippen molar-refractivity contribution in [2.24, 2.45) is 11.7 Å². The zero-order chi connectivity index (χ0) is 13.7. The van der Waals surface area contributed by atoms with Gasteiger partial charge in [0, 0.05) is 12.6 Å². The summed E-state index contributed by atoms with van der Waals surface area (Å²) in [6, 6.07) is 7.97. The lowest BCUT2D eigenvalue weighted by atomic mass is 10.2. The predicted molar refractivity (Wildman–Crippen MR) is 75.0 cm³/mol. The number of nitrogens with two attached hydrogens (primary N) is 1. The van der Waals surface area contributed by atoms with Gasteiger partial charge in [-0.1, -0.05) is 12.1 Å². The lowest BCUT2D eigenvalue weighted by Crippen LogP contribution is -2.42. The average molecular weight is 262 g/mol. The molecule has 3 N–H and O–H groups in total.